The van der Waals surface area contributed by atoms with Crippen LogP contribution in [0.5, 0.6) is 0 Å². The maximum atomic E-state index is 12.6. The zero-order valence-electron chi connectivity index (χ0n) is 20.5. The van der Waals surface area contributed by atoms with E-state index < -0.39 is 0 Å². The van der Waals surface area contributed by atoms with Crippen LogP contribution >= 0.6 is 12.2 Å². The zero-order chi connectivity index (χ0) is 25.2. The number of para-hydroxylation sites is 1. The van der Waals surface area contributed by atoms with E-state index in [1.165, 1.54) is 12.7 Å². The fourth-order valence-electron chi connectivity index (χ4n) is 4.77. The van der Waals surface area contributed by atoms with E-state index in [1.807, 2.05) is 53.2 Å². The summed E-state index contributed by atoms with van der Waals surface area (Å²) in [5.74, 6) is 0.0551. The lowest BCUT2D eigenvalue weighted by atomic mass is 9.99. The third-order valence-electron chi connectivity index (χ3n) is 6.59. The summed E-state index contributed by atoms with van der Waals surface area (Å²) in [4.78, 5) is 19.4. The Balaban J connectivity index is 1.66. The van der Waals surface area contributed by atoms with Crippen molar-refractivity contribution in [1.29, 1.82) is 0 Å². The van der Waals surface area contributed by atoms with Crippen LogP contribution in [0.25, 0.3) is 5.69 Å². The van der Waals surface area contributed by atoms with Crippen molar-refractivity contribution in [2.75, 3.05) is 12.0 Å². The highest BCUT2D eigenvalue weighted by Crippen LogP contribution is 2.42. The third-order valence-corrected chi connectivity index (χ3v) is 6.90. The number of hydrogen-bond donors (Lipinski definition) is 1. The van der Waals surface area contributed by atoms with Crippen molar-refractivity contribution in [3.63, 3.8) is 0 Å². The molecular formula is C29H28N4O2S. The van der Waals surface area contributed by atoms with E-state index in [9.17, 15) is 4.79 Å². The summed E-state index contributed by atoms with van der Waals surface area (Å²) in [6, 6.07) is 25.5. The monoisotopic (exact) mass is 496 g/mol. The van der Waals surface area contributed by atoms with Crippen LogP contribution in [0.4, 0.5) is 5.69 Å². The molecule has 6 nitrogen and oxygen atoms in total. The molecule has 1 aliphatic rings. The van der Waals surface area contributed by atoms with Gasteiger partial charge in [0.05, 0.1) is 30.1 Å². The predicted octanol–water partition coefficient (Wildman–Crippen LogP) is 5.96. The average Bonchev–Trinajstić information content (AvgIpc) is 3.53. The van der Waals surface area contributed by atoms with E-state index >= 15 is 0 Å². The minimum Gasteiger partial charge on any atom is -0.465 e. The van der Waals surface area contributed by atoms with Crippen molar-refractivity contribution in [2.45, 2.75) is 31.8 Å². The number of hydrogen-bond acceptors (Lipinski definition) is 4. The molecule has 0 bridgehead atoms. The summed E-state index contributed by atoms with van der Waals surface area (Å²) in [6.07, 6.45) is 3.76. The number of thiocarbonyl (C=S) groups is 1. The first-order chi connectivity index (χ1) is 17.5. The second kappa shape index (κ2) is 9.95. The topological polar surface area (TPSA) is 59.4 Å². The minimum absolute atomic E-state index is 0.192. The van der Waals surface area contributed by atoms with Gasteiger partial charge in [-0.05, 0) is 72.2 Å². The Morgan fingerprint density at radius 2 is 1.75 bits per heavy atom. The van der Waals surface area contributed by atoms with Crippen LogP contribution in [0.1, 0.15) is 59.2 Å². The molecular weight excluding hydrogens is 468 g/mol. The Kier molecular flexibility index (Phi) is 6.57. The van der Waals surface area contributed by atoms with E-state index in [0.717, 1.165) is 22.8 Å². The second-order valence-corrected chi connectivity index (χ2v) is 9.44. The number of aromatic nitrogens is 2. The highest BCUT2D eigenvalue weighted by molar-refractivity contribution is 7.80. The normalized spacial score (nSPS) is 17.3. The predicted molar refractivity (Wildman–Crippen MR) is 146 cm³/mol. The van der Waals surface area contributed by atoms with E-state index in [1.54, 1.807) is 12.3 Å². The Hall–Kier alpha value is -3.97. The molecule has 7 heteroatoms. The first kappa shape index (κ1) is 23.8. The summed E-state index contributed by atoms with van der Waals surface area (Å²) in [7, 11) is 1.40. The number of nitrogens with zero attached hydrogens (tertiary/aromatic N) is 3. The summed E-state index contributed by atoms with van der Waals surface area (Å²) in [6.45, 7) is 4.37. The Morgan fingerprint density at radius 1 is 1.00 bits per heavy atom. The lowest BCUT2D eigenvalue weighted by Gasteiger charge is -2.29. The van der Waals surface area contributed by atoms with Gasteiger partial charge in [0.2, 0.25) is 0 Å². The van der Waals surface area contributed by atoms with E-state index in [2.05, 4.69) is 59.4 Å². The van der Waals surface area contributed by atoms with Crippen LogP contribution < -0.4 is 10.2 Å². The largest absolute Gasteiger partial charge is 0.465 e. The zero-order valence-corrected chi connectivity index (χ0v) is 21.3. The molecule has 0 unspecified atom stereocenters. The van der Waals surface area contributed by atoms with Crippen molar-refractivity contribution in [3.05, 3.63) is 114 Å². The Morgan fingerprint density at radius 3 is 2.44 bits per heavy atom. The molecule has 2 aromatic carbocycles. The van der Waals surface area contributed by atoms with Gasteiger partial charge in [0.1, 0.15) is 6.04 Å². The minimum atomic E-state index is -0.382. The fourth-order valence-corrected chi connectivity index (χ4v) is 5.12. The average molecular weight is 497 g/mol. The second-order valence-electron chi connectivity index (χ2n) is 9.05. The molecule has 4 aromatic rings. The van der Waals surface area contributed by atoms with E-state index in [4.69, 9.17) is 17.0 Å². The smallest absolute Gasteiger partial charge is 0.339 e. The molecule has 0 amide bonds. The maximum Gasteiger partial charge on any atom is 0.339 e. The molecule has 0 aliphatic carbocycles. The fraction of sp³-hybridized carbons (Fsp3) is 0.207. The highest BCUT2D eigenvalue weighted by atomic mass is 32.1. The van der Waals surface area contributed by atoms with Crippen LogP contribution in [-0.2, 0) is 4.74 Å². The molecule has 3 heterocycles. The lowest BCUT2D eigenvalue weighted by Crippen LogP contribution is -2.30. The summed E-state index contributed by atoms with van der Waals surface area (Å²) >= 11 is 5.88. The summed E-state index contributed by atoms with van der Waals surface area (Å²) in [5.41, 5.74) is 5.37. The number of esters is 1. The number of carbonyl (C=O) groups excluding carboxylic acids is 1. The summed E-state index contributed by atoms with van der Waals surface area (Å²) < 4.78 is 7.10. The van der Waals surface area contributed by atoms with Gasteiger partial charge in [0, 0.05) is 23.8 Å². The molecule has 182 valence electrons. The number of ether oxygens (including phenoxy) is 1. The van der Waals surface area contributed by atoms with E-state index in [-0.39, 0.29) is 18.1 Å². The Labute approximate surface area is 216 Å². The molecule has 5 rings (SSSR count). The number of anilines is 1. The van der Waals surface area contributed by atoms with Crippen molar-refractivity contribution in [3.8, 4) is 5.69 Å². The van der Waals surface area contributed by atoms with Gasteiger partial charge in [0.25, 0.3) is 0 Å². The third kappa shape index (κ3) is 4.27. The number of nitrogens with one attached hydrogen (secondary N) is 1. The van der Waals surface area contributed by atoms with E-state index in [0.29, 0.717) is 16.6 Å². The quantitative estimate of drug-likeness (QED) is 0.263. The van der Waals surface area contributed by atoms with Crippen molar-refractivity contribution < 1.29 is 9.53 Å². The molecule has 0 radical (unpaired) electrons. The van der Waals surface area contributed by atoms with Crippen molar-refractivity contribution in [2.24, 2.45) is 0 Å². The van der Waals surface area contributed by atoms with Crippen LogP contribution in [-0.4, -0.2) is 27.7 Å². The number of rotatable bonds is 6. The summed E-state index contributed by atoms with van der Waals surface area (Å²) in [5, 5.41) is 4.14. The molecule has 36 heavy (non-hydrogen) atoms. The van der Waals surface area contributed by atoms with Gasteiger partial charge < -0.3 is 19.5 Å². The van der Waals surface area contributed by atoms with Crippen LogP contribution in [0.2, 0.25) is 0 Å². The van der Waals surface area contributed by atoms with Crippen LogP contribution in [0.3, 0.4) is 0 Å². The number of pyridine rings is 1. The Bertz CT molecular complexity index is 1380. The molecule has 1 saturated heterocycles. The van der Waals surface area contributed by atoms with Crippen LogP contribution in [0.15, 0.2) is 91.3 Å². The molecule has 0 saturated carbocycles. The van der Waals surface area contributed by atoms with Crippen molar-refractivity contribution >= 4 is 29.0 Å². The molecule has 1 fully saturated rings. The molecule has 0 spiro atoms. The van der Waals surface area contributed by atoms with Gasteiger partial charge >= 0.3 is 5.97 Å². The van der Waals surface area contributed by atoms with Gasteiger partial charge in [-0.2, -0.15) is 0 Å². The molecule has 2 aromatic heterocycles. The van der Waals surface area contributed by atoms with Crippen LogP contribution in [0, 0.1) is 0 Å². The first-order valence-electron chi connectivity index (χ1n) is 11.9. The number of benzene rings is 2. The first-order valence-corrected chi connectivity index (χ1v) is 12.4. The SMILES string of the molecule is COC(=O)c1ccccc1-n1cccc1[C@H]1[C@@H](c2ccccn2)NC(=S)N1c1ccc(C(C)C)cc1. The van der Waals surface area contributed by atoms with Gasteiger partial charge in [-0.3, -0.25) is 4.98 Å². The van der Waals surface area contributed by atoms with Gasteiger partial charge in [0.15, 0.2) is 5.11 Å². The number of methoxy groups -OCH3 is 1. The standard InChI is InChI=1S/C29H28N4O2S/c1-19(2)20-13-15-21(16-14-20)33-27(26(31-29(33)36)23-10-6-7-17-30-23)25-12-8-18-32(25)24-11-5-4-9-22(24)28(34)35-3/h4-19,26-27H,1-3H3,(H,31,36)/t26-,27+/m1/s1. The van der Waals surface area contributed by atoms with Crippen molar-refractivity contribution in [1.82, 2.24) is 14.9 Å². The van der Waals surface area contributed by atoms with Gasteiger partial charge in [-0.1, -0.05) is 44.2 Å². The van der Waals surface area contributed by atoms with Gasteiger partial charge in [-0.15, -0.1) is 0 Å². The molecule has 1 N–H and O–H groups in total. The molecule has 1 aliphatic heterocycles. The lowest BCUT2D eigenvalue weighted by molar-refractivity contribution is 0.0600. The maximum absolute atomic E-state index is 12.6. The highest BCUT2D eigenvalue weighted by Gasteiger charge is 2.42. The molecule has 2 atom stereocenters. The number of carbonyl (C=O) groups is 1. The van der Waals surface area contributed by atoms with Gasteiger partial charge in [-0.25, -0.2) is 4.79 Å².